The van der Waals surface area contributed by atoms with Crippen LogP contribution in [0.4, 0.5) is 5.82 Å². The molecule has 1 aliphatic heterocycles. The zero-order valence-corrected chi connectivity index (χ0v) is 18.5. The van der Waals surface area contributed by atoms with Crippen molar-refractivity contribution in [3.8, 4) is 6.07 Å². The molecule has 0 spiro atoms. The van der Waals surface area contributed by atoms with Crippen LogP contribution >= 0.6 is 19.6 Å². The van der Waals surface area contributed by atoms with E-state index >= 15 is 0 Å². The molecular weight excluding hydrogens is 475 g/mol. The van der Waals surface area contributed by atoms with Crippen molar-refractivity contribution in [1.29, 1.82) is 5.26 Å². The number of imidazole rings is 1. The molecule has 13 nitrogen and oxygen atoms in total. The van der Waals surface area contributed by atoms with E-state index in [0.717, 1.165) is 5.56 Å². The smallest absolute Gasteiger partial charge is 0.387 e. The summed E-state index contributed by atoms with van der Waals surface area (Å²) in [6, 6.07) is 9.03. The second-order valence-corrected chi connectivity index (χ2v) is 9.31. The predicted molar refractivity (Wildman–Crippen MR) is 114 cm³/mol. The number of fused-ring (bicyclic) bond motifs is 1. The summed E-state index contributed by atoms with van der Waals surface area (Å²) < 4.78 is 22.6. The second-order valence-electron chi connectivity index (χ2n) is 7.13. The highest BCUT2D eigenvalue weighted by atomic mass is 32.2. The van der Waals surface area contributed by atoms with E-state index in [1.807, 2.05) is 0 Å². The average Bonchev–Trinajstić information content (AvgIpc) is 3.29. The van der Waals surface area contributed by atoms with Crippen LogP contribution in [0.25, 0.3) is 11.2 Å². The number of nitrogens with zero attached hydrogens (tertiary/aromatic N) is 5. The molecule has 1 aromatic carbocycles. The number of anilines is 1. The molecule has 4 rings (SSSR count). The van der Waals surface area contributed by atoms with E-state index in [4.69, 9.17) is 25.5 Å². The number of phosphoric acid groups is 1. The van der Waals surface area contributed by atoms with Gasteiger partial charge in [-0.05, 0) is 17.7 Å². The van der Waals surface area contributed by atoms with Gasteiger partial charge in [0.25, 0.3) is 0 Å². The summed E-state index contributed by atoms with van der Waals surface area (Å²) in [7, 11) is -4.80. The fourth-order valence-corrected chi connectivity index (χ4v) is 4.63. The number of ether oxygens (including phenoxy) is 1. The van der Waals surface area contributed by atoms with Gasteiger partial charge in [-0.3, -0.25) is 9.09 Å². The molecule has 0 saturated carbocycles. The maximum absolute atomic E-state index is 11.0. The van der Waals surface area contributed by atoms with Crippen LogP contribution in [-0.2, 0) is 19.6 Å². The minimum atomic E-state index is -4.80. The van der Waals surface area contributed by atoms with Crippen LogP contribution in [0.3, 0.4) is 0 Å². The highest BCUT2D eigenvalue weighted by molar-refractivity contribution is 7.98. The quantitative estimate of drug-likeness (QED) is 0.221. The van der Waals surface area contributed by atoms with E-state index in [9.17, 15) is 14.8 Å². The maximum atomic E-state index is 11.0. The lowest BCUT2D eigenvalue weighted by Crippen LogP contribution is -2.33. The number of aliphatic hydroxyl groups is 2. The first kappa shape index (κ1) is 23.6. The van der Waals surface area contributed by atoms with Crippen molar-refractivity contribution in [1.82, 2.24) is 19.5 Å². The third kappa shape index (κ3) is 5.01. The average molecular weight is 494 g/mol. The van der Waals surface area contributed by atoms with Crippen molar-refractivity contribution >= 4 is 36.6 Å². The SMILES string of the molecule is N#Cc1ccc(CSc2nc3c(N)ncnc3n2C2O[C@H](COP(=O)(O)O)[C@@H](O)[C@H]2O)cc1. The number of hydrogen-bond acceptors (Lipinski definition) is 11. The first-order valence-electron chi connectivity index (χ1n) is 9.50. The van der Waals surface area contributed by atoms with E-state index in [1.54, 1.807) is 24.3 Å². The van der Waals surface area contributed by atoms with Crippen molar-refractivity contribution in [2.75, 3.05) is 12.3 Å². The fourth-order valence-electron chi connectivity index (χ4n) is 3.31. The molecular formula is C18H19N6O7PS. The Labute approximate surface area is 191 Å². The van der Waals surface area contributed by atoms with E-state index < -0.39 is 39.0 Å². The van der Waals surface area contributed by atoms with Crippen molar-refractivity contribution < 1.29 is 33.8 Å². The van der Waals surface area contributed by atoms with Gasteiger partial charge in [0.1, 0.15) is 24.6 Å². The Morgan fingerprint density at radius 2 is 1.97 bits per heavy atom. The maximum Gasteiger partial charge on any atom is 0.469 e. The Kier molecular flexibility index (Phi) is 6.66. The molecule has 2 aromatic heterocycles. The number of nitrogen functional groups attached to an aromatic ring is 1. The van der Waals surface area contributed by atoms with Gasteiger partial charge in [0.2, 0.25) is 0 Å². The Balaban J connectivity index is 1.65. The van der Waals surface area contributed by atoms with Gasteiger partial charge in [-0.15, -0.1) is 0 Å². The Morgan fingerprint density at radius 3 is 2.64 bits per heavy atom. The van der Waals surface area contributed by atoms with E-state index in [-0.39, 0.29) is 17.0 Å². The van der Waals surface area contributed by atoms with E-state index in [1.165, 1.54) is 22.7 Å². The Hall–Kier alpha value is -2.60. The molecule has 0 radical (unpaired) electrons. The van der Waals surface area contributed by atoms with Crippen LogP contribution < -0.4 is 5.73 Å². The predicted octanol–water partition coefficient (Wildman–Crippen LogP) is 0.301. The number of benzene rings is 1. The summed E-state index contributed by atoms with van der Waals surface area (Å²) in [5.74, 6) is 0.548. The van der Waals surface area contributed by atoms with Crippen molar-refractivity contribution in [2.24, 2.45) is 0 Å². The van der Waals surface area contributed by atoms with Crippen LogP contribution in [0.1, 0.15) is 17.4 Å². The first-order valence-corrected chi connectivity index (χ1v) is 12.0. The third-order valence-corrected chi connectivity index (χ3v) is 6.43. The van der Waals surface area contributed by atoms with Crippen LogP contribution in [0.15, 0.2) is 35.7 Å². The molecule has 4 atom stereocenters. The van der Waals surface area contributed by atoms with E-state index in [0.29, 0.717) is 16.5 Å². The van der Waals surface area contributed by atoms with E-state index in [2.05, 4.69) is 25.5 Å². The van der Waals surface area contributed by atoms with Crippen molar-refractivity contribution in [3.63, 3.8) is 0 Å². The van der Waals surface area contributed by atoms with Gasteiger partial charge in [-0.2, -0.15) is 5.26 Å². The highest BCUT2D eigenvalue weighted by Gasteiger charge is 2.46. The topological polar surface area (TPSA) is 210 Å². The van der Waals surface area contributed by atoms with Crippen LogP contribution in [-0.4, -0.2) is 64.4 Å². The van der Waals surface area contributed by atoms with Crippen molar-refractivity contribution in [3.05, 3.63) is 41.7 Å². The summed E-state index contributed by atoms with van der Waals surface area (Å²) in [6.45, 7) is -0.642. The zero-order valence-electron chi connectivity index (χ0n) is 16.8. The fraction of sp³-hybridized carbons (Fsp3) is 0.333. The molecule has 1 fully saturated rings. The number of aromatic nitrogens is 4. The summed E-state index contributed by atoms with van der Waals surface area (Å²) in [5.41, 5.74) is 7.87. The number of rotatable bonds is 7. The molecule has 3 heterocycles. The van der Waals surface area contributed by atoms with Gasteiger partial charge in [0.15, 0.2) is 28.4 Å². The number of nitriles is 1. The van der Waals surface area contributed by atoms with Gasteiger partial charge in [-0.1, -0.05) is 23.9 Å². The molecule has 1 unspecified atom stereocenters. The molecule has 174 valence electrons. The molecule has 15 heteroatoms. The highest BCUT2D eigenvalue weighted by Crippen LogP contribution is 2.40. The second kappa shape index (κ2) is 9.34. The molecule has 3 aromatic rings. The van der Waals surface area contributed by atoms with Gasteiger partial charge < -0.3 is 30.5 Å². The normalized spacial score (nSPS) is 23.1. The number of aliphatic hydroxyl groups excluding tert-OH is 2. The standard InChI is InChI=1S/C18H19N6O7PS/c19-5-9-1-3-10(4-2-9)7-33-18-23-12-15(20)21-8-22-16(12)24(18)17-14(26)13(25)11(31-17)6-30-32(27,28)29/h1-4,8,11,13-14,17,25-26H,6-7H2,(H2,20,21,22)(H2,27,28,29)/t11-,13-,14-,17?/m1/s1. The molecule has 0 amide bonds. The summed E-state index contributed by atoms with van der Waals surface area (Å²) in [4.78, 5) is 30.4. The van der Waals surface area contributed by atoms with Crippen LogP contribution in [0.5, 0.6) is 0 Å². The van der Waals surface area contributed by atoms with Crippen LogP contribution in [0.2, 0.25) is 0 Å². The largest absolute Gasteiger partial charge is 0.469 e. The third-order valence-electron chi connectivity index (χ3n) is 4.92. The molecule has 1 aliphatic rings. The Bertz CT molecular complexity index is 1240. The minimum absolute atomic E-state index is 0.105. The summed E-state index contributed by atoms with van der Waals surface area (Å²) in [6.07, 6.45) is -4.15. The molecule has 0 bridgehead atoms. The molecule has 1 saturated heterocycles. The number of nitrogens with two attached hydrogens (primary N) is 1. The number of thioether (sulfide) groups is 1. The minimum Gasteiger partial charge on any atom is -0.387 e. The lowest BCUT2D eigenvalue weighted by atomic mass is 10.1. The Morgan fingerprint density at radius 1 is 1.24 bits per heavy atom. The lowest BCUT2D eigenvalue weighted by molar-refractivity contribution is -0.0541. The van der Waals surface area contributed by atoms with Gasteiger partial charge in [-0.25, -0.2) is 19.5 Å². The van der Waals surface area contributed by atoms with Crippen LogP contribution in [0, 0.1) is 11.3 Å². The molecule has 33 heavy (non-hydrogen) atoms. The number of hydrogen-bond donors (Lipinski definition) is 5. The summed E-state index contributed by atoms with van der Waals surface area (Å²) in [5, 5.41) is 30.3. The summed E-state index contributed by atoms with van der Waals surface area (Å²) >= 11 is 1.27. The van der Waals surface area contributed by atoms with Gasteiger partial charge in [0.05, 0.1) is 18.2 Å². The molecule has 0 aliphatic carbocycles. The first-order chi connectivity index (χ1) is 15.7. The number of phosphoric ester groups is 1. The monoisotopic (exact) mass is 494 g/mol. The zero-order chi connectivity index (χ0) is 23.8. The van der Waals surface area contributed by atoms with Gasteiger partial charge in [0, 0.05) is 5.75 Å². The van der Waals surface area contributed by atoms with Crippen molar-refractivity contribution in [2.45, 2.75) is 35.4 Å². The van der Waals surface area contributed by atoms with Gasteiger partial charge >= 0.3 is 7.82 Å². The molecule has 6 N–H and O–H groups in total. The lowest BCUT2D eigenvalue weighted by Gasteiger charge is -2.19.